The molecule has 0 aliphatic carbocycles. The number of hydrogen-bond donors (Lipinski definition) is 1. The fraction of sp³-hybridized carbons (Fsp3) is 0. The first-order valence-corrected chi connectivity index (χ1v) is 9.51. The normalized spacial score (nSPS) is 11.1. The number of rotatable bonds is 4. The Kier molecular flexibility index (Phi) is 3.84. The van der Waals surface area contributed by atoms with Crippen LogP contribution >= 0.6 is 11.3 Å². The third-order valence-electron chi connectivity index (χ3n) is 4.51. The van der Waals surface area contributed by atoms with Gasteiger partial charge in [0.2, 0.25) is 17.3 Å². The minimum absolute atomic E-state index is 0.1000. The van der Waals surface area contributed by atoms with Crippen LogP contribution in [0.5, 0.6) is 0 Å². The van der Waals surface area contributed by atoms with Crippen molar-refractivity contribution >= 4 is 33.9 Å². The summed E-state index contributed by atoms with van der Waals surface area (Å²) >= 11 is 1.34. The Balaban J connectivity index is 1.78. The van der Waals surface area contributed by atoms with E-state index in [1.54, 1.807) is 18.4 Å². The van der Waals surface area contributed by atoms with Crippen molar-refractivity contribution in [2.75, 3.05) is 5.73 Å². The maximum absolute atomic E-state index is 12.8. The van der Waals surface area contributed by atoms with Crippen LogP contribution in [0.3, 0.4) is 0 Å². The second-order valence-electron chi connectivity index (χ2n) is 6.23. The molecule has 0 amide bonds. The zero-order valence-electron chi connectivity index (χ0n) is 14.6. The highest BCUT2D eigenvalue weighted by Crippen LogP contribution is 2.39. The van der Waals surface area contributed by atoms with Gasteiger partial charge in [-0.2, -0.15) is 0 Å². The third-order valence-corrected chi connectivity index (χ3v) is 5.37. The molecule has 0 spiro atoms. The minimum Gasteiger partial charge on any atom is -0.464 e. The Morgan fingerprint density at radius 1 is 1.04 bits per heavy atom. The van der Waals surface area contributed by atoms with E-state index in [1.807, 2.05) is 53.9 Å². The molecule has 28 heavy (non-hydrogen) atoms. The zero-order valence-corrected chi connectivity index (χ0v) is 15.4. The number of thiophene rings is 1. The Bertz CT molecular complexity index is 1270. The molecule has 1 aromatic carbocycles. The predicted molar refractivity (Wildman–Crippen MR) is 109 cm³/mol. The number of carbonyl (C=O) groups is 1. The van der Waals surface area contributed by atoms with Crippen molar-refractivity contribution in [3.05, 3.63) is 82.9 Å². The zero-order chi connectivity index (χ0) is 19.1. The molecule has 5 rings (SSSR count). The van der Waals surface area contributed by atoms with Crippen LogP contribution in [0.15, 0.2) is 81.1 Å². The largest absolute Gasteiger partial charge is 0.464 e. The standard InChI is InChI=1S/C22H14N2O3S/c23-19-18-14(16-8-4-10-26-16)12-15(13-6-2-1-3-7-13)24-22(18)27-21(19)20(25)17-9-5-11-28-17/h1-12H,23H2. The fourth-order valence-electron chi connectivity index (χ4n) is 3.19. The van der Waals surface area contributed by atoms with Crippen LogP contribution in [0.2, 0.25) is 0 Å². The molecule has 0 aliphatic rings. The van der Waals surface area contributed by atoms with Gasteiger partial charge in [0.05, 0.1) is 27.9 Å². The molecule has 0 unspecified atom stereocenters. The number of benzene rings is 1. The Labute approximate surface area is 164 Å². The van der Waals surface area contributed by atoms with Crippen LogP contribution in [0.25, 0.3) is 33.7 Å². The van der Waals surface area contributed by atoms with E-state index in [0.717, 1.165) is 11.1 Å². The number of nitrogens with zero attached hydrogens (tertiary/aromatic N) is 1. The molecule has 0 radical (unpaired) electrons. The molecular weight excluding hydrogens is 372 g/mol. The molecule has 5 nitrogen and oxygen atoms in total. The van der Waals surface area contributed by atoms with Gasteiger partial charge in [0, 0.05) is 11.1 Å². The number of aromatic nitrogens is 1. The summed E-state index contributed by atoms with van der Waals surface area (Å²) in [7, 11) is 0. The number of nitrogens with two attached hydrogens (primary N) is 1. The van der Waals surface area contributed by atoms with Crippen LogP contribution in [0.1, 0.15) is 15.4 Å². The molecule has 5 aromatic rings. The second kappa shape index (κ2) is 6.51. The molecule has 0 saturated carbocycles. The highest BCUT2D eigenvalue weighted by Gasteiger charge is 2.25. The van der Waals surface area contributed by atoms with Gasteiger partial charge in [0.15, 0.2) is 0 Å². The summed E-state index contributed by atoms with van der Waals surface area (Å²) in [5.41, 5.74) is 9.31. The van der Waals surface area contributed by atoms with Crippen molar-refractivity contribution in [3.8, 4) is 22.6 Å². The lowest BCUT2D eigenvalue weighted by molar-refractivity contribution is 0.102. The van der Waals surface area contributed by atoms with Crippen LogP contribution in [0, 0.1) is 0 Å². The lowest BCUT2D eigenvalue weighted by Crippen LogP contribution is -2.00. The van der Waals surface area contributed by atoms with Gasteiger partial charge in [0.1, 0.15) is 5.76 Å². The first-order valence-electron chi connectivity index (χ1n) is 8.63. The van der Waals surface area contributed by atoms with Crippen molar-refractivity contribution in [3.63, 3.8) is 0 Å². The van der Waals surface area contributed by atoms with E-state index in [1.165, 1.54) is 11.3 Å². The molecule has 0 atom stereocenters. The Morgan fingerprint density at radius 2 is 1.89 bits per heavy atom. The molecule has 0 bridgehead atoms. The highest BCUT2D eigenvalue weighted by atomic mass is 32.1. The van der Waals surface area contributed by atoms with E-state index in [9.17, 15) is 4.79 Å². The summed E-state index contributed by atoms with van der Waals surface area (Å²) < 4.78 is 11.5. The van der Waals surface area contributed by atoms with Gasteiger partial charge in [-0.15, -0.1) is 11.3 Å². The molecule has 4 aromatic heterocycles. The van der Waals surface area contributed by atoms with Crippen LogP contribution in [-0.2, 0) is 0 Å². The second-order valence-corrected chi connectivity index (χ2v) is 7.18. The van der Waals surface area contributed by atoms with Gasteiger partial charge >= 0.3 is 0 Å². The lowest BCUT2D eigenvalue weighted by atomic mass is 10.0. The number of hydrogen-bond acceptors (Lipinski definition) is 6. The molecule has 136 valence electrons. The van der Waals surface area contributed by atoms with Crippen LogP contribution < -0.4 is 5.73 Å². The molecule has 2 N–H and O–H groups in total. The Hall–Kier alpha value is -3.64. The van der Waals surface area contributed by atoms with Crippen molar-refractivity contribution in [2.24, 2.45) is 0 Å². The number of nitrogen functional groups attached to an aromatic ring is 1. The first-order chi connectivity index (χ1) is 13.7. The quantitative estimate of drug-likeness (QED) is 0.405. The number of carbonyl (C=O) groups excluding carboxylic acids is 1. The third kappa shape index (κ3) is 2.62. The minimum atomic E-state index is -0.253. The topological polar surface area (TPSA) is 82.3 Å². The maximum atomic E-state index is 12.8. The van der Waals surface area contributed by atoms with Gasteiger partial charge < -0.3 is 14.6 Å². The fourth-order valence-corrected chi connectivity index (χ4v) is 3.85. The molecule has 0 saturated heterocycles. The number of furan rings is 2. The van der Waals surface area contributed by atoms with E-state index in [0.29, 0.717) is 27.4 Å². The van der Waals surface area contributed by atoms with Crippen molar-refractivity contribution in [1.82, 2.24) is 4.98 Å². The Morgan fingerprint density at radius 3 is 2.61 bits per heavy atom. The van der Waals surface area contributed by atoms with E-state index in [2.05, 4.69) is 4.98 Å². The van der Waals surface area contributed by atoms with Crippen LogP contribution in [0.4, 0.5) is 5.69 Å². The smallest absolute Gasteiger partial charge is 0.240 e. The van der Waals surface area contributed by atoms with E-state index in [4.69, 9.17) is 14.6 Å². The van der Waals surface area contributed by atoms with E-state index in [-0.39, 0.29) is 17.2 Å². The van der Waals surface area contributed by atoms with Gasteiger partial charge in [-0.3, -0.25) is 4.79 Å². The summed E-state index contributed by atoms with van der Waals surface area (Å²) in [6, 6.07) is 18.9. The van der Waals surface area contributed by atoms with E-state index < -0.39 is 0 Å². The summed E-state index contributed by atoms with van der Waals surface area (Å²) in [6.45, 7) is 0. The summed E-state index contributed by atoms with van der Waals surface area (Å²) in [5, 5.41) is 2.42. The van der Waals surface area contributed by atoms with E-state index >= 15 is 0 Å². The maximum Gasteiger partial charge on any atom is 0.240 e. The van der Waals surface area contributed by atoms with Gasteiger partial charge in [-0.05, 0) is 29.6 Å². The number of fused-ring (bicyclic) bond motifs is 1. The molecule has 0 fully saturated rings. The SMILES string of the molecule is Nc1c(C(=O)c2cccs2)oc2nc(-c3ccccc3)cc(-c3ccco3)c12. The summed E-state index contributed by atoms with van der Waals surface area (Å²) in [4.78, 5) is 18.0. The summed E-state index contributed by atoms with van der Waals surface area (Å²) in [5.74, 6) is 0.479. The molecule has 4 heterocycles. The lowest BCUT2D eigenvalue weighted by Gasteiger charge is -2.05. The highest BCUT2D eigenvalue weighted by molar-refractivity contribution is 7.12. The summed E-state index contributed by atoms with van der Waals surface area (Å²) in [6.07, 6.45) is 1.60. The van der Waals surface area contributed by atoms with Crippen molar-refractivity contribution < 1.29 is 13.6 Å². The average Bonchev–Trinajstić information content (AvgIpc) is 3.49. The number of anilines is 1. The van der Waals surface area contributed by atoms with Crippen LogP contribution in [-0.4, -0.2) is 10.8 Å². The molecular formula is C22H14N2O3S. The number of pyridine rings is 1. The van der Waals surface area contributed by atoms with Crippen molar-refractivity contribution in [2.45, 2.75) is 0 Å². The molecule has 0 aliphatic heterocycles. The first kappa shape index (κ1) is 16.5. The van der Waals surface area contributed by atoms with Gasteiger partial charge in [-0.1, -0.05) is 36.4 Å². The van der Waals surface area contributed by atoms with Gasteiger partial charge in [-0.25, -0.2) is 4.98 Å². The monoisotopic (exact) mass is 386 g/mol. The number of ketones is 1. The molecule has 6 heteroatoms. The average molecular weight is 386 g/mol. The predicted octanol–water partition coefficient (Wildman–Crippen LogP) is 5.63. The van der Waals surface area contributed by atoms with Crippen molar-refractivity contribution in [1.29, 1.82) is 0 Å². The van der Waals surface area contributed by atoms with Gasteiger partial charge in [0.25, 0.3) is 0 Å².